The Kier molecular flexibility index (Phi) is 5.05. The third-order valence-electron chi connectivity index (χ3n) is 5.70. The van der Waals surface area contributed by atoms with Gasteiger partial charge in [0.15, 0.2) is 0 Å². The second-order valence-electron chi connectivity index (χ2n) is 7.87. The minimum Gasteiger partial charge on any atom is -0.461 e. The summed E-state index contributed by atoms with van der Waals surface area (Å²) in [4.78, 5) is 11.8. The second-order valence-corrected chi connectivity index (χ2v) is 7.87. The Morgan fingerprint density at radius 1 is 1.23 bits per heavy atom. The third kappa shape index (κ3) is 3.64. The van der Waals surface area contributed by atoms with Gasteiger partial charge in [-0.1, -0.05) is 51.3 Å². The lowest BCUT2D eigenvalue weighted by Gasteiger charge is -2.19. The molecule has 3 rings (SSSR count). The van der Waals surface area contributed by atoms with E-state index in [1.807, 2.05) is 0 Å². The van der Waals surface area contributed by atoms with Crippen molar-refractivity contribution in [1.29, 1.82) is 0 Å². The van der Waals surface area contributed by atoms with E-state index in [9.17, 15) is 4.79 Å². The highest BCUT2D eigenvalue weighted by atomic mass is 16.5. The van der Waals surface area contributed by atoms with E-state index in [1.54, 1.807) is 0 Å². The molecule has 0 aromatic carbocycles. The molecule has 0 spiro atoms. The summed E-state index contributed by atoms with van der Waals surface area (Å²) >= 11 is 0. The average molecular weight is 302 g/mol. The quantitative estimate of drug-likeness (QED) is 0.362. The number of allylic oxidation sites excluding steroid dienone is 3. The lowest BCUT2D eigenvalue weighted by molar-refractivity contribution is -0.142. The Morgan fingerprint density at radius 2 is 2.05 bits per heavy atom. The van der Waals surface area contributed by atoms with Crippen LogP contribution in [0.3, 0.4) is 0 Å². The number of hydrogen-bond acceptors (Lipinski definition) is 2. The number of esters is 1. The van der Waals surface area contributed by atoms with Gasteiger partial charge in [-0.15, -0.1) is 0 Å². The lowest BCUT2D eigenvalue weighted by Crippen LogP contribution is -2.13. The molecule has 0 aromatic heterocycles. The molecule has 1 saturated carbocycles. The normalized spacial score (nSPS) is 31.7. The van der Waals surface area contributed by atoms with E-state index in [2.05, 4.69) is 32.1 Å². The molecule has 1 fully saturated rings. The standard InChI is InChI=1S/C20H30O2/c1-14(2)6-4-3-5-7-20(21)22-13-15-10-18-16-8-9-17(12-16)19(18)11-15/h8-10,14,16-19H,3-7,11-13H2,1-2H3. The molecule has 22 heavy (non-hydrogen) atoms. The molecule has 0 heterocycles. The van der Waals surface area contributed by atoms with Crippen LogP contribution in [0.25, 0.3) is 0 Å². The molecule has 2 bridgehead atoms. The van der Waals surface area contributed by atoms with Crippen molar-refractivity contribution in [3.63, 3.8) is 0 Å². The Bertz CT molecular complexity index is 460. The smallest absolute Gasteiger partial charge is 0.306 e. The molecule has 0 saturated heterocycles. The van der Waals surface area contributed by atoms with Crippen molar-refractivity contribution < 1.29 is 9.53 Å². The third-order valence-corrected chi connectivity index (χ3v) is 5.70. The van der Waals surface area contributed by atoms with E-state index in [0.717, 1.165) is 48.9 Å². The molecule has 0 amide bonds. The van der Waals surface area contributed by atoms with Gasteiger partial charge in [-0.25, -0.2) is 0 Å². The van der Waals surface area contributed by atoms with Crippen molar-refractivity contribution in [3.8, 4) is 0 Å². The summed E-state index contributed by atoms with van der Waals surface area (Å²) in [7, 11) is 0. The number of carbonyl (C=O) groups excluding carboxylic acids is 1. The fourth-order valence-electron chi connectivity index (χ4n) is 4.49. The Morgan fingerprint density at radius 3 is 2.82 bits per heavy atom. The maximum absolute atomic E-state index is 11.8. The molecule has 3 aliphatic rings. The second kappa shape index (κ2) is 7.02. The summed E-state index contributed by atoms with van der Waals surface area (Å²) in [5, 5.41) is 0. The number of fused-ring (bicyclic) bond motifs is 5. The molecular weight excluding hydrogens is 272 g/mol. The zero-order valence-corrected chi connectivity index (χ0v) is 14.1. The van der Waals surface area contributed by atoms with Gasteiger partial charge in [-0.05, 0) is 54.4 Å². The molecular formula is C20H30O2. The van der Waals surface area contributed by atoms with Crippen molar-refractivity contribution >= 4 is 5.97 Å². The first-order valence-corrected chi connectivity index (χ1v) is 9.17. The van der Waals surface area contributed by atoms with Gasteiger partial charge in [0.05, 0.1) is 0 Å². The van der Waals surface area contributed by atoms with Crippen LogP contribution in [0.1, 0.15) is 58.8 Å². The summed E-state index contributed by atoms with van der Waals surface area (Å²) in [6, 6.07) is 0. The summed E-state index contributed by atoms with van der Waals surface area (Å²) in [6.45, 7) is 5.04. The predicted octanol–water partition coefficient (Wildman–Crippen LogP) is 4.90. The van der Waals surface area contributed by atoms with Gasteiger partial charge < -0.3 is 4.74 Å². The molecule has 4 unspecified atom stereocenters. The van der Waals surface area contributed by atoms with Gasteiger partial charge in [-0.3, -0.25) is 4.79 Å². The largest absolute Gasteiger partial charge is 0.461 e. The van der Waals surface area contributed by atoms with Gasteiger partial charge in [0, 0.05) is 6.42 Å². The zero-order valence-electron chi connectivity index (χ0n) is 14.1. The minimum absolute atomic E-state index is 0.0106. The molecule has 3 aliphatic carbocycles. The highest BCUT2D eigenvalue weighted by Gasteiger charge is 2.46. The summed E-state index contributed by atoms with van der Waals surface area (Å²) in [6.07, 6.45) is 14.9. The number of carbonyl (C=O) groups is 1. The van der Waals surface area contributed by atoms with Crippen LogP contribution in [0, 0.1) is 29.6 Å². The lowest BCUT2D eigenvalue weighted by atomic mass is 9.85. The Hall–Kier alpha value is -1.05. The fourth-order valence-corrected chi connectivity index (χ4v) is 4.49. The van der Waals surface area contributed by atoms with Gasteiger partial charge in [0.1, 0.15) is 6.61 Å². The number of unbranched alkanes of at least 4 members (excludes halogenated alkanes) is 2. The first kappa shape index (κ1) is 15.8. The summed E-state index contributed by atoms with van der Waals surface area (Å²) < 4.78 is 5.48. The van der Waals surface area contributed by atoms with Crippen molar-refractivity contribution in [3.05, 3.63) is 23.8 Å². The first-order chi connectivity index (χ1) is 10.6. The molecule has 0 aliphatic heterocycles. The fraction of sp³-hybridized carbons (Fsp3) is 0.750. The van der Waals surface area contributed by atoms with Crippen LogP contribution in [-0.2, 0) is 9.53 Å². The first-order valence-electron chi connectivity index (χ1n) is 9.17. The summed E-state index contributed by atoms with van der Waals surface area (Å²) in [5.74, 6) is 3.86. The van der Waals surface area contributed by atoms with Crippen LogP contribution >= 0.6 is 0 Å². The molecule has 4 atom stereocenters. The number of rotatable bonds is 8. The van der Waals surface area contributed by atoms with Crippen molar-refractivity contribution in [2.75, 3.05) is 6.61 Å². The van der Waals surface area contributed by atoms with Crippen LogP contribution in [0.4, 0.5) is 0 Å². The minimum atomic E-state index is -0.0106. The van der Waals surface area contributed by atoms with E-state index >= 15 is 0 Å². The molecule has 0 radical (unpaired) electrons. The maximum Gasteiger partial charge on any atom is 0.306 e. The van der Waals surface area contributed by atoms with Crippen LogP contribution in [0.15, 0.2) is 23.8 Å². The molecule has 2 heteroatoms. The van der Waals surface area contributed by atoms with Crippen molar-refractivity contribution in [1.82, 2.24) is 0 Å². The van der Waals surface area contributed by atoms with E-state index < -0.39 is 0 Å². The van der Waals surface area contributed by atoms with Crippen LogP contribution in [0.2, 0.25) is 0 Å². The SMILES string of the molecule is CC(C)CCCCCC(=O)OCC1=CC2C3C=CC(C3)C2C1. The van der Waals surface area contributed by atoms with Gasteiger partial charge in [0.2, 0.25) is 0 Å². The van der Waals surface area contributed by atoms with Crippen LogP contribution < -0.4 is 0 Å². The van der Waals surface area contributed by atoms with E-state index in [1.165, 1.54) is 24.8 Å². The van der Waals surface area contributed by atoms with Crippen molar-refractivity contribution in [2.45, 2.75) is 58.8 Å². The topological polar surface area (TPSA) is 26.3 Å². The highest BCUT2D eigenvalue weighted by molar-refractivity contribution is 5.69. The van der Waals surface area contributed by atoms with Crippen LogP contribution in [-0.4, -0.2) is 12.6 Å². The zero-order chi connectivity index (χ0) is 15.5. The van der Waals surface area contributed by atoms with E-state index in [-0.39, 0.29) is 5.97 Å². The molecule has 2 nitrogen and oxygen atoms in total. The van der Waals surface area contributed by atoms with Gasteiger partial charge in [-0.2, -0.15) is 0 Å². The van der Waals surface area contributed by atoms with E-state index in [0.29, 0.717) is 13.0 Å². The molecule has 122 valence electrons. The van der Waals surface area contributed by atoms with Crippen molar-refractivity contribution in [2.24, 2.45) is 29.6 Å². The highest BCUT2D eigenvalue weighted by Crippen LogP contribution is 2.54. The van der Waals surface area contributed by atoms with Gasteiger partial charge >= 0.3 is 5.97 Å². The molecule has 0 N–H and O–H groups in total. The van der Waals surface area contributed by atoms with Gasteiger partial charge in [0.25, 0.3) is 0 Å². The average Bonchev–Trinajstić information content (AvgIpc) is 3.16. The summed E-state index contributed by atoms with van der Waals surface area (Å²) in [5.41, 5.74) is 1.36. The Balaban J connectivity index is 1.30. The van der Waals surface area contributed by atoms with E-state index in [4.69, 9.17) is 4.74 Å². The van der Waals surface area contributed by atoms with Crippen LogP contribution in [0.5, 0.6) is 0 Å². The predicted molar refractivity (Wildman–Crippen MR) is 89.3 cm³/mol. The Labute approximate surface area is 135 Å². The molecule has 0 aromatic rings. The monoisotopic (exact) mass is 302 g/mol. The maximum atomic E-state index is 11.8. The number of hydrogen-bond donors (Lipinski definition) is 0. The number of ether oxygens (including phenoxy) is 1.